The Morgan fingerprint density at radius 3 is 2.74 bits per heavy atom. The lowest BCUT2D eigenvalue weighted by atomic mass is 10.1. The zero-order valence-electron chi connectivity index (χ0n) is 9.97. The number of carboxylic acids is 1. The Morgan fingerprint density at radius 1 is 1.53 bits per heavy atom. The van der Waals surface area contributed by atoms with Gasteiger partial charge in [0.2, 0.25) is 5.91 Å². The van der Waals surface area contributed by atoms with Crippen LogP contribution in [0.15, 0.2) is 18.2 Å². The molecule has 2 atom stereocenters. The number of benzene rings is 1. The summed E-state index contributed by atoms with van der Waals surface area (Å²) in [6.07, 6.45) is 0. The molecule has 0 aliphatic carbocycles. The van der Waals surface area contributed by atoms with Crippen LogP contribution in [0, 0.1) is 5.82 Å². The predicted molar refractivity (Wildman–Crippen MR) is 70.6 cm³/mol. The second-order valence-electron chi connectivity index (χ2n) is 4.10. The molecular formula is C12H11ClFNO3S. The van der Waals surface area contributed by atoms with Gasteiger partial charge in [-0.1, -0.05) is 17.7 Å². The summed E-state index contributed by atoms with van der Waals surface area (Å²) in [7, 11) is 0. The molecule has 1 aromatic carbocycles. The molecule has 0 unspecified atom stereocenters. The molecule has 0 aromatic heterocycles. The topological polar surface area (TPSA) is 57.6 Å². The highest BCUT2D eigenvalue weighted by atomic mass is 35.5. The van der Waals surface area contributed by atoms with E-state index in [0.717, 1.165) is 4.90 Å². The van der Waals surface area contributed by atoms with Gasteiger partial charge in [-0.15, -0.1) is 11.8 Å². The average molecular weight is 304 g/mol. The molecule has 0 spiro atoms. The van der Waals surface area contributed by atoms with Gasteiger partial charge < -0.3 is 10.0 Å². The van der Waals surface area contributed by atoms with Crippen molar-refractivity contribution in [1.82, 2.24) is 4.90 Å². The minimum Gasteiger partial charge on any atom is -0.480 e. The number of carbonyl (C=O) groups is 2. The van der Waals surface area contributed by atoms with Crippen molar-refractivity contribution in [1.29, 1.82) is 0 Å². The first kappa shape index (κ1) is 14.1. The van der Waals surface area contributed by atoms with Gasteiger partial charge in [-0.25, -0.2) is 9.18 Å². The van der Waals surface area contributed by atoms with Crippen LogP contribution in [0.1, 0.15) is 17.9 Å². The molecule has 1 aliphatic rings. The van der Waals surface area contributed by atoms with Gasteiger partial charge in [-0.2, -0.15) is 0 Å². The van der Waals surface area contributed by atoms with E-state index in [1.807, 2.05) is 0 Å². The normalized spacial score (nSPS) is 22.6. The molecule has 1 N–H and O–H groups in total. The highest BCUT2D eigenvalue weighted by molar-refractivity contribution is 7.99. The maximum atomic E-state index is 13.9. The van der Waals surface area contributed by atoms with E-state index in [1.165, 1.54) is 36.9 Å². The fraction of sp³-hybridized carbons (Fsp3) is 0.333. The monoisotopic (exact) mass is 303 g/mol. The second kappa shape index (κ2) is 5.38. The summed E-state index contributed by atoms with van der Waals surface area (Å²) < 4.78 is 13.9. The summed E-state index contributed by atoms with van der Waals surface area (Å²) in [6.45, 7) is 1.27. The largest absolute Gasteiger partial charge is 0.480 e. The van der Waals surface area contributed by atoms with E-state index in [-0.39, 0.29) is 16.3 Å². The summed E-state index contributed by atoms with van der Waals surface area (Å²) in [4.78, 5) is 23.9. The molecule has 4 nitrogen and oxygen atoms in total. The maximum Gasteiger partial charge on any atom is 0.327 e. The zero-order chi connectivity index (χ0) is 14.2. The fourth-order valence-electron chi connectivity index (χ4n) is 2.05. The van der Waals surface area contributed by atoms with Gasteiger partial charge in [0.25, 0.3) is 0 Å². The van der Waals surface area contributed by atoms with Crippen molar-refractivity contribution < 1.29 is 19.1 Å². The Morgan fingerprint density at radius 2 is 2.21 bits per heavy atom. The molecular weight excluding hydrogens is 293 g/mol. The Bertz CT molecular complexity index is 519. The van der Waals surface area contributed by atoms with Crippen LogP contribution in [0.4, 0.5) is 4.39 Å². The third kappa shape index (κ3) is 2.55. The summed E-state index contributed by atoms with van der Waals surface area (Å²) in [5.74, 6) is -1.84. The van der Waals surface area contributed by atoms with Gasteiger partial charge in [0.05, 0.1) is 0 Å². The number of hydrogen-bond acceptors (Lipinski definition) is 3. The lowest BCUT2D eigenvalue weighted by molar-refractivity contribution is -0.148. The van der Waals surface area contributed by atoms with Gasteiger partial charge in [-0.05, 0) is 12.1 Å². The number of hydrogen-bond donors (Lipinski definition) is 1. The molecule has 2 rings (SSSR count). The van der Waals surface area contributed by atoms with Crippen LogP contribution < -0.4 is 0 Å². The molecule has 0 bridgehead atoms. The average Bonchev–Trinajstić information content (AvgIpc) is 2.73. The number of aliphatic carboxylic acids is 1. The van der Waals surface area contributed by atoms with E-state index in [9.17, 15) is 14.0 Å². The third-order valence-corrected chi connectivity index (χ3v) is 4.51. The van der Waals surface area contributed by atoms with Gasteiger partial charge in [-0.3, -0.25) is 4.79 Å². The van der Waals surface area contributed by atoms with Crippen LogP contribution in [0.3, 0.4) is 0 Å². The Hall–Kier alpha value is -1.27. The first-order chi connectivity index (χ1) is 8.93. The summed E-state index contributed by atoms with van der Waals surface area (Å²) >= 11 is 7.16. The zero-order valence-corrected chi connectivity index (χ0v) is 11.5. The highest BCUT2D eigenvalue weighted by Crippen LogP contribution is 2.44. The van der Waals surface area contributed by atoms with E-state index in [0.29, 0.717) is 0 Å². The van der Waals surface area contributed by atoms with E-state index >= 15 is 0 Å². The smallest absolute Gasteiger partial charge is 0.327 e. The lowest BCUT2D eigenvalue weighted by Gasteiger charge is -2.27. The third-order valence-electron chi connectivity index (χ3n) is 2.90. The quantitative estimate of drug-likeness (QED) is 0.912. The SMILES string of the molecule is CC(=O)N1[C@@H](c2c(F)cccc2Cl)SC[C@H]1C(=O)O. The first-order valence-electron chi connectivity index (χ1n) is 5.50. The number of carbonyl (C=O) groups excluding carboxylic acids is 1. The summed E-state index contributed by atoms with van der Waals surface area (Å²) in [5, 5.41) is 8.59. The van der Waals surface area contributed by atoms with Crippen LogP contribution >= 0.6 is 23.4 Å². The molecule has 0 saturated carbocycles. The molecule has 0 radical (unpaired) electrons. The van der Waals surface area contributed by atoms with Crippen LogP contribution in [0.5, 0.6) is 0 Å². The lowest BCUT2D eigenvalue weighted by Crippen LogP contribution is -2.41. The van der Waals surface area contributed by atoms with Crippen molar-refractivity contribution in [2.24, 2.45) is 0 Å². The predicted octanol–water partition coefficient (Wildman–Crippen LogP) is 2.53. The molecule has 102 valence electrons. The number of thioether (sulfide) groups is 1. The van der Waals surface area contributed by atoms with Gasteiger partial charge >= 0.3 is 5.97 Å². The number of rotatable bonds is 2. The molecule has 1 amide bonds. The number of amides is 1. The Balaban J connectivity index is 2.45. The summed E-state index contributed by atoms with van der Waals surface area (Å²) in [5.41, 5.74) is 0.160. The van der Waals surface area contributed by atoms with Crippen molar-refractivity contribution in [3.63, 3.8) is 0 Å². The molecule has 7 heteroatoms. The van der Waals surface area contributed by atoms with Crippen molar-refractivity contribution in [3.8, 4) is 0 Å². The van der Waals surface area contributed by atoms with Gasteiger partial charge in [0, 0.05) is 23.3 Å². The van der Waals surface area contributed by atoms with Crippen LogP contribution in [0.25, 0.3) is 0 Å². The Labute approximate surface area is 118 Å². The van der Waals surface area contributed by atoms with Crippen LogP contribution in [-0.2, 0) is 9.59 Å². The van der Waals surface area contributed by atoms with E-state index < -0.39 is 29.1 Å². The number of nitrogens with zero attached hydrogens (tertiary/aromatic N) is 1. The van der Waals surface area contributed by atoms with Crippen LogP contribution in [-0.4, -0.2) is 33.7 Å². The molecule has 1 heterocycles. The van der Waals surface area contributed by atoms with Gasteiger partial charge in [0.1, 0.15) is 17.2 Å². The van der Waals surface area contributed by atoms with Crippen molar-refractivity contribution >= 4 is 35.2 Å². The first-order valence-corrected chi connectivity index (χ1v) is 6.93. The van der Waals surface area contributed by atoms with Crippen molar-refractivity contribution in [2.45, 2.75) is 18.3 Å². The fourth-order valence-corrected chi connectivity index (χ4v) is 3.91. The minimum absolute atomic E-state index is 0.160. The van der Waals surface area contributed by atoms with Crippen molar-refractivity contribution in [2.75, 3.05) is 5.75 Å². The highest BCUT2D eigenvalue weighted by Gasteiger charge is 2.42. The van der Waals surface area contributed by atoms with E-state index in [1.54, 1.807) is 0 Å². The molecule has 1 saturated heterocycles. The van der Waals surface area contributed by atoms with Gasteiger partial charge in [0.15, 0.2) is 0 Å². The molecule has 1 fully saturated rings. The molecule has 19 heavy (non-hydrogen) atoms. The maximum absolute atomic E-state index is 13.9. The van der Waals surface area contributed by atoms with E-state index in [4.69, 9.17) is 16.7 Å². The second-order valence-corrected chi connectivity index (χ2v) is 5.62. The van der Waals surface area contributed by atoms with E-state index in [2.05, 4.69) is 0 Å². The minimum atomic E-state index is -1.10. The number of halogens is 2. The molecule has 1 aliphatic heterocycles. The van der Waals surface area contributed by atoms with Crippen molar-refractivity contribution in [3.05, 3.63) is 34.6 Å². The summed E-state index contributed by atoms with van der Waals surface area (Å²) in [6, 6.07) is 3.28. The van der Waals surface area contributed by atoms with Crippen LogP contribution in [0.2, 0.25) is 5.02 Å². The Kier molecular flexibility index (Phi) is 4.01. The molecule has 1 aromatic rings. The number of carboxylic acid groups (broad SMARTS) is 1. The standard InChI is InChI=1S/C12H11ClFNO3S/c1-6(16)15-9(12(17)18)5-19-11(15)10-7(13)3-2-4-8(10)14/h2-4,9,11H,5H2,1H3,(H,17,18)/t9-,11+/m0/s1.